The minimum Gasteiger partial charge on any atom is -0.488 e. The number of benzene rings is 2. The van der Waals surface area contributed by atoms with Crippen LogP contribution in [0.3, 0.4) is 0 Å². The summed E-state index contributed by atoms with van der Waals surface area (Å²) in [5, 5.41) is 0.885. The Labute approximate surface area is 270 Å². The van der Waals surface area contributed by atoms with Gasteiger partial charge in [-0.3, -0.25) is 19.2 Å². The number of carbonyl (C=O) groups is 4. The van der Waals surface area contributed by atoms with Gasteiger partial charge in [-0.05, 0) is 62.6 Å². The molecule has 1 aromatic heterocycles. The molecule has 2 aromatic carbocycles. The van der Waals surface area contributed by atoms with Crippen molar-refractivity contribution in [2.24, 2.45) is 17.3 Å². The fourth-order valence-electron chi connectivity index (χ4n) is 7.14. The number of ether oxygens (including phenoxy) is 2. The van der Waals surface area contributed by atoms with Crippen LogP contribution in [0.4, 0.5) is 0 Å². The summed E-state index contributed by atoms with van der Waals surface area (Å²) in [4.78, 5) is 59.7. The topological polar surface area (TPSA) is 103 Å². The van der Waals surface area contributed by atoms with Crippen LogP contribution in [-0.4, -0.2) is 58.6 Å². The Balaban J connectivity index is 1.37. The molecule has 0 radical (unpaired) electrons. The summed E-state index contributed by atoms with van der Waals surface area (Å²) in [5.74, 6) is -0.957. The fourth-order valence-corrected chi connectivity index (χ4v) is 7.14. The summed E-state index contributed by atoms with van der Waals surface area (Å²) in [7, 11) is 0. The first-order valence-corrected chi connectivity index (χ1v) is 16.5. The van der Waals surface area contributed by atoms with Crippen molar-refractivity contribution < 1.29 is 28.7 Å². The fraction of sp³-hybridized carbons (Fsp3) is 0.447. The van der Waals surface area contributed by atoms with Gasteiger partial charge in [0.2, 0.25) is 5.91 Å². The van der Waals surface area contributed by atoms with E-state index in [0.29, 0.717) is 25.2 Å². The number of hydrogen-bond acceptors (Lipinski definition) is 7. The molecule has 4 bridgehead atoms. The van der Waals surface area contributed by atoms with Crippen LogP contribution in [-0.2, 0) is 30.3 Å². The van der Waals surface area contributed by atoms with Gasteiger partial charge >= 0.3 is 5.97 Å². The number of amides is 1. The molecule has 1 saturated carbocycles. The highest BCUT2D eigenvalue weighted by atomic mass is 16.5. The number of Topliss-reactive ketones (excluding diaryl/α,β-unsaturated/α-hetero) is 2. The van der Waals surface area contributed by atoms with Crippen LogP contribution in [0, 0.1) is 17.3 Å². The lowest BCUT2D eigenvalue weighted by atomic mass is 9.89. The number of aromatic nitrogens is 1. The second kappa shape index (κ2) is 13.2. The van der Waals surface area contributed by atoms with Crippen molar-refractivity contribution in [3.8, 4) is 17.0 Å². The maximum atomic E-state index is 14.0. The number of hydrogen-bond donors (Lipinski definition) is 0. The second-order valence-electron chi connectivity index (χ2n) is 13.2. The van der Waals surface area contributed by atoms with Crippen molar-refractivity contribution in [1.29, 1.82) is 0 Å². The molecule has 0 N–H and O–H groups in total. The Kier molecular flexibility index (Phi) is 9.07. The number of carbonyl (C=O) groups excluding carboxylic acids is 4. The molecule has 1 amide bonds. The number of allylic oxidation sites excluding steroid dienone is 1. The average molecular weight is 623 g/mol. The number of esters is 1. The van der Waals surface area contributed by atoms with E-state index in [0.717, 1.165) is 53.4 Å². The third-order valence-corrected chi connectivity index (χ3v) is 9.99. The molecule has 240 valence electrons. The van der Waals surface area contributed by atoms with E-state index in [2.05, 4.69) is 18.7 Å². The Bertz CT molecular complexity index is 1670. The standard InChI is InChI=1S/C38H42N2O6/c1-4-28-21-38(28,25(3)41)22-34(42)33-19-29-23-40(33)37(44)24(2)17-36(43)45-16-10-6-7-11-26-14-15-31-30(18-26)35(46-29)20-32(39-31)27-12-8-5-9-13-27/h4-5,8-9,12-15,18,20,24,28-29,33H,1,6-7,10-11,16-17,19,21-23H2,2-3H3/t24-,28-,29-,33+,38+/m1/s1. The Morgan fingerprint density at radius 3 is 2.63 bits per heavy atom. The summed E-state index contributed by atoms with van der Waals surface area (Å²) in [6.07, 6.45) is 5.60. The van der Waals surface area contributed by atoms with E-state index in [4.69, 9.17) is 14.5 Å². The third-order valence-electron chi connectivity index (χ3n) is 9.99. The maximum absolute atomic E-state index is 14.0. The predicted molar refractivity (Wildman–Crippen MR) is 175 cm³/mol. The first-order valence-electron chi connectivity index (χ1n) is 16.5. The lowest BCUT2D eigenvalue weighted by Gasteiger charge is -2.27. The number of cyclic esters (lactones) is 1. The predicted octanol–water partition coefficient (Wildman–Crippen LogP) is 6.29. The molecule has 5 atom stereocenters. The zero-order valence-electron chi connectivity index (χ0n) is 26.7. The lowest BCUT2D eigenvalue weighted by Crippen LogP contribution is -2.44. The zero-order chi connectivity index (χ0) is 32.4. The molecule has 1 saturated heterocycles. The van der Waals surface area contributed by atoms with Crippen molar-refractivity contribution >= 4 is 34.3 Å². The van der Waals surface area contributed by atoms with Crippen LogP contribution in [0.25, 0.3) is 22.2 Å². The van der Waals surface area contributed by atoms with Gasteiger partial charge in [0.25, 0.3) is 0 Å². The van der Waals surface area contributed by atoms with Crippen molar-refractivity contribution in [3.05, 3.63) is 72.8 Å². The van der Waals surface area contributed by atoms with Gasteiger partial charge in [0.1, 0.15) is 17.6 Å². The molecule has 3 heterocycles. The smallest absolute Gasteiger partial charge is 0.306 e. The van der Waals surface area contributed by atoms with Gasteiger partial charge in [-0.15, -0.1) is 6.58 Å². The summed E-state index contributed by atoms with van der Waals surface area (Å²) in [5.41, 5.74) is 2.94. The highest BCUT2D eigenvalue weighted by Crippen LogP contribution is 2.57. The third kappa shape index (κ3) is 6.48. The van der Waals surface area contributed by atoms with Crippen molar-refractivity contribution in [1.82, 2.24) is 9.88 Å². The van der Waals surface area contributed by atoms with Crippen LogP contribution in [0.1, 0.15) is 64.4 Å². The molecule has 2 aliphatic heterocycles. The number of aryl methyl sites for hydroxylation is 1. The Morgan fingerprint density at radius 2 is 1.89 bits per heavy atom. The minimum atomic E-state index is -0.766. The van der Waals surface area contributed by atoms with Gasteiger partial charge in [-0.2, -0.15) is 0 Å². The molecule has 0 unspecified atom stereocenters. The lowest BCUT2D eigenvalue weighted by molar-refractivity contribution is -0.149. The highest BCUT2D eigenvalue weighted by Gasteiger charge is 2.58. The van der Waals surface area contributed by atoms with E-state index in [1.165, 1.54) is 6.92 Å². The van der Waals surface area contributed by atoms with Gasteiger partial charge in [0, 0.05) is 41.2 Å². The number of nitrogens with zero attached hydrogens (tertiary/aromatic N) is 2. The summed E-state index contributed by atoms with van der Waals surface area (Å²) in [6, 6.07) is 17.3. The number of fused-ring (bicyclic) bond motifs is 3. The van der Waals surface area contributed by atoms with Crippen LogP contribution >= 0.6 is 0 Å². The molecule has 3 aliphatic rings. The number of rotatable bonds is 6. The molecule has 2 fully saturated rings. The summed E-state index contributed by atoms with van der Waals surface area (Å²) >= 11 is 0. The highest BCUT2D eigenvalue weighted by molar-refractivity contribution is 5.97. The zero-order valence-corrected chi connectivity index (χ0v) is 26.7. The first-order chi connectivity index (χ1) is 22.2. The molecule has 0 spiro atoms. The van der Waals surface area contributed by atoms with Crippen molar-refractivity contribution in [3.63, 3.8) is 0 Å². The van der Waals surface area contributed by atoms with Gasteiger partial charge in [-0.1, -0.05) is 49.4 Å². The van der Waals surface area contributed by atoms with Crippen molar-refractivity contribution in [2.45, 2.75) is 77.4 Å². The van der Waals surface area contributed by atoms with Gasteiger partial charge in [-0.25, -0.2) is 4.98 Å². The molecule has 3 aromatic rings. The van der Waals surface area contributed by atoms with Gasteiger partial charge in [0.15, 0.2) is 5.78 Å². The van der Waals surface area contributed by atoms with Crippen LogP contribution in [0.2, 0.25) is 0 Å². The molecule has 8 nitrogen and oxygen atoms in total. The minimum absolute atomic E-state index is 0.0320. The second-order valence-corrected chi connectivity index (χ2v) is 13.2. The monoisotopic (exact) mass is 622 g/mol. The van der Waals surface area contributed by atoms with E-state index in [9.17, 15) is 19.2 Å². The maximum Gasteiger partial charge on any atom is 0.306 e. The van der Waals surface area contributed by atoms with Crippen molar-refractivity contribution in [2.75, 3.05) is 13.2 Å². The average Bonchev–Trinajstić information content (AvgIpc) is 3.62. The van der Waals surface area contributed by atoms with Crippen LogP contribution in [0.5, 0.6) is 5.75 Å². The first kappa shape index (κ1) is 31.6. The number of ketones is 2. The van der Waals surface area contributed by atoms with E-state index in [-0.39, 0.29) is 42.8 Å². The van der Waals surface area contributed by atoms with Gasteiger partial charge < -0.3 is 14.4 Å². The van der Waals surface area contributed by atoms with E-state index in [1.807, 2.05) is 42.5 Å². The van der Waals surface area contributed by atoms with E-state index >= 15 is 0 Å². The molecule has 8 heteroatoms. The summed E-state index contributed by atoms with van der Waals surface area (Å²) < 4.78 is 12.2. The van der Waals surface area contributed by atoms with E-state index < -0.39 is 29.4 Å². The largest absolute Gasteiger partial charge is 0.488 e. The number of pyridine rings is 1. The van der Waals surface area contributed by atoms with Gasteiger partial charge in [0.05, 0.1) is 36.8 Å². The molecule has 46 heavy (non-hydrogen) atoms. The SMILES string of the molecule is C=C[C@@H]1C[C@]1(CC(=O)[C@@H]1C[C@@H]2CN1C(=O)[C@H](C)CC(=O)OCCCCCc1ccc3nc(-c4ccccc4)cc(c3c1)O2)C(C)=O. The molecular formula is C38H42N2O6. The van der Waals surface area contributed by atoms with Crippen LogP contribution in [0.15, 0.2) is 67.3 Å². The van der Waals surface area contributed by atoms with E-state index in [1.54, 1.807) is 17.9 Å². The normalized spacial score (nSPS) is 27.0. The van der Waals surface area contributed by atoms with Crippen LogP contribution < -0.4 is 4.74 Å². The molecule has 1 aliphatic carbocycles. The summed E-state index contributed by atoms with van der Waals surface area (Å²) in [6.45, 7) is 7.58. The quantitative estimate of drug-likeness (QED) is 0.235. The molecular weight excluding hydrogens is 580 g/mol. The Hall–Kier alpha value is -4.33. The molecule has 6 rings (SSSR count). The Morgan fingerprint density at radius 1 is 1.09 bits per heavy atom.